The highest BCUT2D eigenvalue weighted by Gasteiger charge is 2.18. The second kappa shape index (κ2) is 5.05. The Hall–Kier alpha value is -2.44. The van der Waals surface area contributed by atoms with Crippen molar-refractivity contribution >= 4 is 23.0 Å². The maximum absolute atomic E-state index is 12.1. The number of carbonyl (C=O) groups excluding carboxylic acids is 2. The first-order valence-electron chi connectivity index (χ1n) is 5.61. The summed E-state index contributed by atoms with van der Waals surface area (Å²) in [5.41, 5.74) is 1.89. The van der Waals surface area contributed by atoms with Gasteiger partial charge in [-0.25, -0.2) is 4.98 Å². The number of carbonyl (C=O) groups is 2. The molecule has 0 atom stereocenters. The van der Waals surface area contributed by atoms with Crippen LogP contribution in [0.5, 0.6) is 0 Å². The van der Waals surface area contributed by atoms with Crippen molar-refractivity contribution in [1.29, 1.82) is 0 Å². The zero-order valence-corrected chi connectivity index (χ0v) is 10.8. The lowest BCUT2D eigenvalue weighted by molar-refractivity contribution is -0.139. The summed E-state index contributed by atoms with van der Waals surface area (Å²) in [7, 11) is 1.26. The average molecular weight is 263 g/mol. The molecule has 2 heterocycles. The first kappa shape index (κ1) is 13.0. The van der Waals surface area contributed by atoms with Gasteiger partial charge in [-0.3, -0.25) is 9.59 Å². The molecule has 0 aliphatic rings. The number of nitrogens with one attached hydrogen (secondary N) is 1. The van der Waals surface area contributed by atoms with E-state index < -0.39 is 11.9 Å². The van der Waals surface area contributed by atoms with E-state index in [2.05, 4.69) is 20.2 Å². The van der Waals surface area contributed by atoms with Gasteiger partial charge in [0, 0.05) is 5.69 Å². The Labute approximate surface area is 108 Å². The normalized spacial score (nSPS) is 10.5. The van der Waals surface area contributed by atoms with Crippen LogP contribution in [0.15, 0.2) is 10.6 Å². The van der Waals surface area contributed by atoms with Crippen LogP contribution >= 0.6 is 0 Å². The van der Waals surface area contributed by atoms with Gasteiger partial charge < -0.3 is 14.6 Å². The number of aryl methyl sites for hydroxylation is 2. The summed E-state index contributed by atoms with van der Waals surface area (Å²) in [6.45, 7) is 3.27. The molecule has 0 bridgehead atoms. The lowest BCUT2D eigenvalue weighted by Crippen LogP contribution is -2.30. The molecule has 0 saturated carbocycles. The Morgan fingerprint density at radius 3 is 2.84 bits per heavy atom. The third kappa shape index (κ3) is 2.54. The summed E-state index contributed by atoms with van der Waals surface area (Å²) in [5.74, 6) is -0.912. The highest BCUT2D eigenvalue weighted by atomic mass is 16.5. The molecular formula is C12H13N3O4. The van der Waals surface area contributed by atoms with Gasteiger partial charge in [-0.15, -0.1) is 0 Å². The summed E-state index contributed by atoms with van der Waals surface area (Å²) in [6, 6.07) is 1.62. The number of ether oxygens (including phenoxy) is 1. The monoisotopic (exact) mass is 263 g/mol. The maximum Gasteiger partial charge on any atom is 0.325 e. The highest BCUT2D eigenvalue weighted by molar-refractivity contribution is 6.06. The van der Waals surface area contributed by atoms with E-state index in [1.807, 2.05) is 0 Å². The van der Waals surface area contributed by atoms with Crippen molar-refractivity contribution < 1.29 is 18.8 Å². The quantitative estimate of drug-likeness (QED) is 0.821. The predicted octanol–water partition coefficient (Wildman–Crippen LogP) is 0.742. The fourth-order valence-electron chi connectivity index (χ4n) is 1.72. The van der Waals surface area contributed by atoms with Gasteiger partial charge in [0.2, 0.25) is 0 Å². The van der Waals surface area contributed by atoms with Gasteiger partial charge in [0.05, 0.1) is 23.8 Å². The lowest BCUT2D eigenvalue weighted by atomic mass is 10.1. The minimum Gasteiger partial charge on any atom is -0.468 e. The first-order chi connectivity index (χ1) is 9.02. The fraction of sp³-hybridized carbons (Fsp3) is 0.333. The van der Waals surface area contributed by atoms with Crippen molar-refractivity contribution in [2.24, 2.45) is 0 Å². The summed E-state index contributed by atoms with van der Waals surface area (Å²) in [5, 5.41) is 6.81. The Morgan fingerprint density at radius 1 is 1.42 bits per heavy atom. The van der Waals surface area contributed by atoms with Gasteiger partial charge in [0.1, 0.15) is 6.54 Å². The zero-order chi connectivity index (χ0) is 14.0. The second-order valence-corrected chi connectivity index (χ2v) is 4.02. The van der Waals surface area contributed by atoms with Crippen molar-refractivity contribution in [3.63, 3.8) is 0 Å². The largest absolute Gasteiger partial charge is 0.468 e. The molecule has 0 fully saturated rings. The molecule has 0 aliphatic heterocycles. The number of methoxy groups -OCH3 is 1. The van der Waals surface area contributed by atoms with E-state index in [0.29, 0.717) is 28.1 Å². The summed E-state index contributed by atoms with van der Waals surface area (Å²) >= 11 is 0. The molecule has 1 amide bonds. The van der Waals surface area contributed by atoms with Gasteiger partial charge in [-0.2, -0.15) is 0 Å². The number of amides is 1. The van der Waals surface area contributed by atoms with Crippen LogP contribution in [-0.4, -0.2) is 35.7 Å². The Bertz CT molecular complexity index is 648. The van der Waals surface area contributed by atoms with Crippen LogP contribution in [-0.2, 0) is 9.53 Å². The SMILES string of the molecule is COC(=O)CNC(=O)c1cc(C)nc2onc(C)c12. The van der Waals surface area contributed by atoms with Crippen LogP contribution in [0.4, 0.5) is 0 Å². The summed E-state index contributed by atoms with van der Waals surface area (Å²) in [6.07, 6.45) is 0. The van der Waals surface area contributed by atoms with E-state index in [0.717, 1.165) is 0 Å². The summed E-state index contributed by atoms with van der Waals surface area (Å²) < 4.78 is 9.49. The molecule has 2 rings (SSSR count). The van der Waals surface area contributed by atoms with Crippen molar-refractivity contribution in [1.82, 2.24) is 15.5 Å². The molecule has 19 heavy (non-hydrogen) atoms. The van der Waals surface area contributed by atoms with Crippen LogP contribution < -0.4 is 5.32 Å². The Morgan fingerprint density at radius 2 is 2.16 bits per heavy atom. The number of esters is 1. The third-order valence-corrected chi connectivity index (χ3v) is 2.61. The molecule has 2 aromatic rings. The minimum absolute atomic E-state index is 0.192. The van der Waals surface area contributed by atoms with Crippen LogP contribution in [0.2, 0.25) is 0 Å². The molecule has 100 valence electrons. The number of hydrogen-bond donors (Lipinski definition) is 1. The number of fused-ring (bicyclic) bond motifs is 1. The zero-order valence-electron chi connectivity index (χ0n) is 10.8. The molecule has 0 spiro atoms. The second-order valence-electron chi connectivity index (χ2n) is 4.02. The van der Waals surface area contributed by atoms with E-state index in [-0.39, 0.29) is 6.54 Å². The molecule has 0 saturated heterocycles. The van der Waals surface area contributed by atoms with Gasteiger partial charge in [-0.1, -0.05) is 5.16 Å². The molecule has 0 aromatic carbocycles. The maximum atomic E-state index is 12.1. The van der Waals surface area contributed by atoms with Crippen molar-refractivity contribution in [2.45, 2.75) is 13.8 Å². The lowest BCUT2D eigenvalue weighted by Gasteiger charge is -2.05. The number of nitrogens with zero attached hydrogens (tertiary/aromatic N) is 2. The number of hydrogen-bond acceptors (Lipinski definition) is 6. The van der Waals surface area contributed by atoms with Crippen molar-refractivity contribution in [2.75, 3.05) is 13.7 Å². The predicted molar refractivity (Wildman–Crippen MR) is 65.6 cm³/mol. The fourth-order valence-corrected chi connectivity index (χ4v) is 1.72. The van der Waals surface area contributed by atoms with Crippen molar-refractivity contribution in [3.8, 4) is 0 Å². The Kier molecular flexibility index (Phi) is 3.46. The average Bonchev–Trinajstić information content (AvgIpc) is 2.76. The van der Waals surface area contributed by atoms with Gasteiger partial charge in [0.15, 0.2) is 0 Å². The first-order valence-corrected chi connectivity index (χ1v) is 5.61. The van der Waals surface area contributed by atoms with Crippen LogP contribution in [0.3, 0.4) is 0 Å². The van der Waals surface area contributed by atoms with E-state index >= 15 is 0 Å². The topological polar surface area (TPSA) is 94.3 Å². The molecule has 7 nitrogen and oxygen atoms in total. The van der Waals surface area contributed by atoms with Gasteiger partial charge in [-0.05, 0) is 19.9 Å². The summed E-state index contributed by atoms with van der Waals surface area (Å²) in [4.78, 5) is 27.2. The highest BCUT2D eigenvalue weighted by Crippen LogP contribution is 2.21. The number of pyridine rings is 1. The molecule has 7 heteroatoms. The van der Waals surface area contributed by atoms with E-state index in [1.165, 1.54) is 7.11 Å². The number of aromatic nitrogens is 2. The van der Waals surface area contributed by atoms with E-state index in [9.17, 15) is 9.59 Å². The van der Waals surface area contributed by atoms with E-state index in [4.69, 9.17) is 4.52 Å². The van der Waals surface area contributed by atoms with Crippen LogP contribution in [0, 0.1) is 13.8 Å². The smallest absolute Gasteiger partial charge is 0.325 e. The van der Waals surface area contributed by atoms with Gasteiger partial charge in [0.25, 0.3) is 11.6 Å². The third-order valence-electron chi connectivity index (χ3n) is 2.61. The molecule has 1 N–H and O–H groups in total. The van der Waals surface area contributed by atoms with Crippen molar-refractivity contribution in [3.05, 3.63) is 23.0 Å². The van der Waals surface area contributed by atoms with E-state index in [1.54, 1.807) is 19.9 Å². The molecule has 2 aromatic heterocycles. The number of rotatable bonds is 3. The standard InChI is InChI=1S/C12H13N3O4/c1-6-4-8(11(17)13-5-9(16)18-3)10-7(2)15-19-12(10)14-6/h4H,5H2,1-3H3,(H,13,17). The molecule has 0 radical (unpaired) electrons. The Balaban J connectivity index is 2.35. The van der Waals surface area contributed by atoms with Crippen LogP contribution in [0.1, 0.15) is 21.7 Å². The molecule has 0 unspecified atom stereocenters. The molecular weight excluding hydrogens is 250 g/mol. The van der Waals surface area contributed by atoms with Crippen LogP contribution in [0.25, 0.3) is 11.1 Å². The molecule has 0 aliphatic carbocycles. The van der Waals surface area contributed by atoms with Gasteiger partial charge >= 0.3 is 5.97 Å². The minimum atomic E-state index is -0.516.